The van der Waals surface area contributed by atoms with E-state index in [-0.39, 0.29) is 5.91 Å². The summed E-state index contributed by atoms with van der Waals surface area (Å²) < 4.78 is 1.79. The molecule has 0 aliphatic carbocycles. The van der Waals surface area contributed by atoms with Crippen molar-refractivity contribution in [3.05, 3.63) is 83.4 Å². The molecule has 1 amide bonds. The van der Waals surface area contributed by atoms with Gasteiger partial charge in [-0.1, -0.05) is 54.6 Å². The molecule has 0 saturated carbocycles. The summed E-state index contributed by atoms with van der Waals surface area (Å²) in [5.41, 5.74) is 4.45. The lowest BCUT2D eigenvalue weighted by Gasteiger charge is -2.35. The molecule has 3 heterocycles. The van der Waals surface area contributed by atoms with Crippen molar-refractivity contribution < 1.29 is 4.79 Å². The van der Waals surface area contributed by atoms with Gasteiger partial charge in [0.1, 0.15) is 0 Å². The molecule has 0 bridgehead atoms. The Labute approximate surface area is 181 Å². The third-order valence-corrected chi connectivity index (χ3v) is 5.86. The number of amides is 1. The van der Waals surface area contributed by atoms with E-state index in [1.54, 1.807) is 9.43 Å². The smallest absolute Gasteiger partial charge is 0.227 e. The molecule has 1 aliphatic heterocycles. The van der Waals surface area contributed by atoms with Crippen LogP contribution in [0.1, 0.15) is 16.7 Å². The zero-order valence-corrected chi connectivity index (χ0v) is 17.7. The van der Waals surface area contributed by atoms with Crippen LogP contribution in [0.2, 0.25) is 0 Å². The van der Waals surface area contributed by atoms with Crippen molar-refractivity contribution in [2.45, 2.75) is 12.8 Å². The van der Waals surface area contributed by atoms with Gasteiger partial charge in [-0.05, 0) is 35.2 Å². The van der Waals surface area contributed by atoms with E-state index in [0.29, 0.717) is 19.5 Å². The Bertz CT molecular complexity index is 1190. The predicted octanol–water partition coefficient (Wildman–Crippen LogP) is 2.55. The molecule has 0 spiro atoms. The summed E-state index contributed by atoms with van der Waals surface area (Å²) in [4.78, 5) is 18.8. The number of nitrogens with zero attached hydrogens (tertiary/aromatic N) is 6. The molecule has 0 N–H and O–H groups in total. The largest absolute Gasteiger partial charge is 0.352 e. The van der Waals surface area contributed by atoms with Crippen LogP contribution < -0.4 is 4.90 Å². The van der Waals surface area contributed by atoms with Gasteiger partial charge in [-0.25, -0.2) is 0 Å². The summed E-state index contributed by atoms with van der Waals surface area (Å²) in [5.74, 6) is 1.11. The number of rotatable bonds is 5. The van der Waals surface area contributed by atoms with Crippen molar-refractivity contribution in [2.75, 3.05) is 31.1 Å². The van der Waals surface area contributed by atoms with Gasteiger partial charge in [0, 0.05) is 33.2 Å². The second-order valence-electron chi connectivity index (χ2n) is 8.06. The Hall–Kier alpha value is -3.61. The highest BCUT2D eigenvalue weighted by Crippen LogP contribution is 2.16. The summed E-state index contributed by atoms with van der Waals surface area (Å²) >= 11 is 0. The number of hydrogen-bond donors (Lipinski definition) is 0. The van der Waals surface area contributed by atoms with Crippen molar-refractivity contribution in [3.8, 4) is 0 Å². The Morgan fingerprint density at radius 3 is 2.35 bits per heavy atom. The lowest BCUT2D eigenvalue weighted by atomic mass is 10.0. The number of carbonyl (C=O) groups is 1. The van der Waals surface area contributed by atoms with Crippen LogP contribution in [-0.4, -0.2) is 56.6 Å². The third-order valence-electron chi connectivity index (χ3n) is 5.86. The molecule has 0 unspecified atom stereocenters. The first-order valence-corrected chi connectivity index (χ1v) is 10.7. The quantitative estimate of drug-likeness (QED) is 0.504. The maximum absolute atomic E-state index is 12.9. The minimum absolute atomic E-state index is 0.189. The van der Waals surface area contributed by atoms with Gasteiger partial charge in [0.25, 0.3) is 0 Å². The van der Waals surface area contributed by atoms with E-state index in [0.717, 1.165) is 36.5 Å². The van der Waals surface area contributed by atoms with Gasteiger partial charge < -0.3 is 9.80 Å². The lowest BCUT2D eigenvalue weighted by molar-refractivity contribution is -0.130. The van der Waals surface area contributed by atoms with Crippen LogP contribution in [0.25, 0.3) is 5.65 Å². The molecule has 0 atom stereocenters. The molecule has 2 aromatic heterocycles. The van der Waals surface area contributed by atoms with Crippen LogP contribution in [0.3, 0.4) is 0 Å². The van der Waals surface area contributed by atoms with E-state index < -0.39 is 0 Å². The molecule has 7 heteroatoms. The lowest BCUT2D eigenvalue weighted by Crippen LogP contribution is -2.49. The zero-order valence-electron chi connectivity index (χ0n) is 17.7. The van der Waals surface area contributed by atoms with E-state index in [2.05, 4.69) is 57.6 Å². The van der Waals surface area contributed by atoms with Crippen LogP contribution >= 0.6 is 0 Å². The maximum atomic E-state index is 12.9. The van der Waals surface area contributed by atoms with Crippen LogP contribution in [0.4, 0.5) is 5.82 Å². The molecule has 5 rings (SSSR count). The average Bonchev–Trinajstić information content (AvgIpc) is 2.79. The zero-order chi connectivity index (χ0) is 21.2. The van der Waals surface area contributed by atoms with E-state index in [9.17, 15) is 4.79 Å². The highest BCUT2D eigenvalue weighted by molar-refractivity contribution is 5.79. The first-order chi connectivity index (χ1) is 15.2. The monoisotopic (exact) mass is 414 g/mol. The minimum atomic E-state index is 0.189. The molecule has 0 radical (unpaired) electrons. The molecule has 4 aromatic rings. The van der Waals surface area contributed by atoms with Crippen molar-refractivity contribution >= 4 is 17.4 Å². The Morgan fingerprint density at radius 1 is 0.839 bits per heavy atom. The minimum Gasteiger partial charge on any atom is -0.352 e. The van der Waals surface area contributed by atoms with Crippen LogP contribution in [0.15, 0.2) is 66.7 Å². The van der Waals surface area contributed by atoms with Crippen molar-refractivity contribution in [1.29, 1.82) is 0 Å². The van der Waals surface area contributed by atoms with E-state index in [1.807, 2.05) is 36.2 Å². The first kappa shape index (κ1) is 19.4. The predicted molar refractivity (Wildman–Crippen MR) is 120 cm³/mol. The SMILES string of the molecule is Cn1nc2ccc(N3CCN(C(=O)Cc4cccc(Cc5ccccc5)c4)CC3)nn21. The summed E-state index contributed by atoms with van der Waals surface area (Å²) in [6.07, 6.45) is 1.33. The van der Waals surface area contributed by atoms with Gasteiger partial charge in [-0.3, -0.25) is 4.79 Å². The standard InChI is InChI=1S/C24H26N6O/c1-27-25-23-11-10-22(26-30(23)27)28-12-14-29(15-13-28)24(31)18-21-9-5-8-20(17-21)16-19-6-3-2-4-7-19/h2-11,17H,12-16,18H2,1H3. The number of benzene rings is 2. The van der Waals surface area contributed by atoms with Crippen molar-refractivity contribution in [2.24, 2.45) is 7.05 Å². The number of fused-ring (bicyclic) bond motifs is 1. The van der Waals surface area contributed by atoms with Crippen molar-refractivity contribution in [1.82, 2.24) is 24.5 Å². The van der Waals surface area contributed by atoms with Crippen LogP contribution in [0.5, 0.6) is 0 Å². The Morgan fingerprint density at radius 2 is 1.58 bits per heavy atom. The first-order valence-electron chi connectivity index (χ1n) is 10.7. The number of hydrogen-bond acceptors (Lipinski definition) is 4. The number of carbonyl (C=O) groups excluding carboxylic acids is 1. The topological polar surface area (TPSA) is 58.7 Å². The van der Waals surface area contributed by atoms with Crippen LogP contribution in [-0.2, 0) is 24.7 Å². The van der Waals surface area contributed by atoms with E-state index in [1.165, 1.54) is 11.1 Å². The van der Waals surface area contributed by atoms with Gasteiger partial charge >= 0.3 is 0 Å². The summed E-state index contributed by atoms with van der Waals surface area (Å²) in [7, 11) is 1.87. The molecule has 2 aromatic carbocycles. The highest BCUT2D eigenvalue weighted by Gasteiger charge is 2.22. The van der Waals surface area contributed by atoms with E-state index >= 15 is 0 Å². The van der Waals surface area contributed by atoms with Gasteiger partial charge in [0.15, 0.2) is 11.5 Å². The number of anilines is 1. The molecule has 7 nitrogen and oxygen atoms in total. The average molecular weight is 415 g/mol. The van der Waals surface area contributed by atoms with Crippen LogP contribution in [0, 0.1) is 0 Å². The van der Waals surface area contributed by atoms with Gasteiger partial charge in [0.2, 0.25) is 5.91 Å². The van der Waals surface area contributed by atoms with Gasteiger partial charge in [0.05, 0.1) is 6.42 Å². The molecule has 31 heavy (non-hydrogen) atoms. The van der Waals surface area contributed by atoms with Crippen molar-refractivity contribution in [3.63, 3.8) is 0 Å². The van der Waals surface area contributed by atoms with E-state index in [4.69, 9.17) is 0 Å². The molecule has 1 saturated heterocycles. The highest BCUT2D eigenvalue weighted by atomic mass is 16.2. The molecule has 1 fully saturated rings. The summed E-state index contributed by atoms with van der Waals surface area (Å²) in [6.45, 7) is 3.00. The third kappa shape index (κ3) is 4.17. The molecule has 1 aliphatic rings. The number of piperazine rings is 1. The molecule has 158 valence electrons. The Balaban J connectivity index is 1.18. The second-order valence-corrected chi connectivity index (χ2v) is 8.06. The molecular weight excluding hydrogens is 388 g/mol. The summed E-state index contributed by atoms with van der Waals surface area (Å²) in [5, 5.41) is 8.86. The molecular formula is C24H26N6O. The fourth-order valence-electron chi connectivity index (χ4n) is 4.16. The normalized spacial score (nSPS) is 14.4. The second kappa shape index (κ2) is 8.26. The Kier molecular flexibility index (Phi) is 5.16. The maximum Gasteiger partial charge on any atom is 0.227 e. The number of aryl methyl sites for hydroxylation is 1. The fraction of sp³-hybridized carbons (Fsp3) is 0.292. The van der Waals surface area contributed by atoms with Gasteiger partial charge in [-0.15, -0.1) is 14.8 Å². The summed E-state index contributed by atoms with van der Waals surface area (Å²) in [6, 6.07) is 22.8. The number of aromatic nitrogens is 4. The fourth-order valence-corrected chi connectivity index (χ4v) is 4.16. The van der Waals surface area contributed by atoms with Gasteiger partial charge in [-0.2, -0.15) is 4.80 Å².